The summed E-state index contributed by atoms with van der Waals surface area (Å²) in [6, 6.07) is 20.1. The van der Waals surface area contributed by atoms with E-state index < -0.39 is 0 Å². The van der Waals surface area contributed by atoms with Crippen LogP contribution in [0.3, 0.4) is 0 Å². The number of amides is 1. The van der Waals surface area contributed by atoms with Crippen LogP contribution in [-0.4, -0.2) is 17.4 Å². The van der Waals surface area contributed by atoms with Gasteiger partial charge in [0.1, 0.15) is 5.69 Å². The van der Waals surface area contributed by atoms with Crippen molar-refractivity contribution >= 4 is 23.0 Å². The van der Waals surface area contributed by atoms with Crippen LogP contribution in [0.25, 0.3) is 0 Å². The Hall–Kier alpha value is -3.14. The Morgan fingerprint density at radius 3 is 2.62 bits per heavy atom. The SMILES string of the molecule is CCc1ccc(NC(=O)c2ccc(N3CCc4ccccc43)cn2)cc1. The summed E-state index contributed by atoms with van der Waals surface area (Å²) in [6.45, 7) is 3.05. The van der Waals surface area contributed by atoms with Crippen LogP contribution in [0.15, 0.2) is 66.9 Å². The van der Waals surface area contributed by atoms with Gasteiger partial charge in [0, 0.05) is 17.9 Å². The molecular formula is C22H21N3O. The first-order valence-corrected chi connectivity index (χ1v) is 8.96. The van der Waals surface area contributed by atoms with Crippen molar-refractivity contribution in [2.75, 3.05) is 16.8 Å². The molecule has 2 aromatic carbocycles. The smallest absolute Gasteiger partial charge is 0.274 e. The topological polar surface area (TPSA) is 45.2 Å². The summed E-state index contributed by atoms with van der Waals surface area (Å²) in [4.78, 5) is 19.0. The Kier molecular flexibility index (Phi) is 4.40. The Bertz CT molecular complexity index is 917. The van der Waals surface area contributed by atoms with Gasteiger partial charge in [-0.3, -0.25) is 4.79 Å². The van der Waals surface area contributed by atoms with Crippen LogP contribution in [0.4, 0.5) is 17.1 Å². The summed E-state index contributed by atoms with van der Waals surface area (Å²) in [6.07, 6.45) is 3.79. The lowest BCUT2D eigenvalue weighted by Gasteiger charge is -2.19. The molecule has 1 amide bonds. The Labute approximate surface area is 153 Å². The molecule has 0 saturated heterocycles. The molecule has 26 heavy (non-hydrogen) atoms. The molecule has 1 aromatic heterocycles. The van der Waals surface area contributed by atoms with Gasteiger partial charge in [0.15, 0.2) is 0 Å². The van der Waals surface area contributed by atoms with Crippen LogP contribution in [0.1, 0.15) is 28.5 Å². The lowest BCUT2D eigenvalue weighted by Crippen LogP contribution is -2.16. The molecule has 1 N–H and O–H groups in total. The normalized spacial score (nSPS) is 12.7. The molecule has 130 valence electrons. The predicted octanol–water partition coefficient (Wildman–Crippen LogP) is 4.59. The second-order valence-electron chi connectivity index (χ2n) is 6.44. The molecule has 3 aromatic rings. The lowest BCUT2D eigenvalue weighted by atomic mass is 10.1. The van der Waals surface area contributed by atoms with E-state index in [1.54, 1.807) is 12.3 Å². The third-order valence-corrected chi connectivity index (χ3v) is 4.80. The van der Waals surface area contributed by atoms with E-state index in [2.05, 4.69) is 46.4 Å². The zero-order chi connectivity index (χ0) is 17.9. The number of benzene rings is 2. The van der Waals surface area contributed by atoms with Gasteiger partial charge in [0.25, 0.3) is 5.91 Å². The van der Waals surface area contributed by atoms with Gasteiger partial charge in [-0.15, -0.1) is 0 Å². The number of fused-ring (bicyclic) bond motifs is 1. The fourth-order valence-corrected chi connectivity index (χ4v) is 3.31. The highest BCUT2D eigenvalue weighted by molar-refractivity contribution is 6.03. The zero-order valence-corrected chi connectivity index (χ0v) is 14.8. The van der Waals surface area contributed by atoms with Gasteiger partial charge in [0.05, 0.1) is 11.9 Å². The van der Waals surface area contributed by atoms with E-state index in [1.165, 1.54) is 16.8 Å². The third kappa shape index (κ3) is 3.18. The van der Waals surface area contributed by atoms with Crippen molar-refractivity contribution in [1.29, 1.82) is 0 Å². The molecule has 1 aliphatic heterocycles. The number of carbonyl (C=O) groups excluding carboxylic acids is 1. The van der Waals surface area contributed by atoms with Crippen molar-refractivity contribution in [2.45, 2.75) is 19.8 Å². The first-order valence-electron chi connectivity index (χ1n) is 8.96. The second-order valence-corrected chi connectivity index (χ2v) is 6.44. The Morgan fingerprint density at radius 1 is 1.08 bits per heavy atom. The highest BCUT2D eigenvalue weighted by atomic mass is 16.1. The third-order valence-electron chi connectivity index (χ3n) is 4.80. The number of aromatic nitrogens is 1. The molecule has 0 spiro atoms. The van der Waals surface area contributed by atoms with E-state index in [0.717, 1.165) is 30.8 Å². The number of aryl methyl sites for hydroxylation is 1. The van der Waals surface area contributed by atoms with Crippen molar-refractivity contribution < 1.29 is 4.79 Å². The second kappa shape index (κ2) is 7.00. The minimum Gasteiger partial charge on any atom is -0.340 e. The highest BCUT2D eigenvalue weighted by Gasteiger charge is 2.20. The number of carbonyl (C=O) groups is 1. The van der Waals surface area contributed by atoms with Crippen molar-refractivity contribution in [3.8, 4) is 0 Å². The van der Waals surface area contributed by atoms with Gasteiger partial charge in [-0.25, -0.2) is 4.98 Å². The number of rotatable bonds is 4. The standard InChI is InChI=1S/C22H21N3O/c1-2-16-7-9-18(10-8-16)24-22(26)20-12-11-19(15-23-20)25-14-13-17-5-3-4-6-21(17)25/h3-12,15H,2,13-14H2,1H3,(H,24,26). The summed E-state index contributed by atoms with van der Waals surface area (Å²) in [5, 5.41) is 2.90. The molecule has 4 heteroatoms. The van der Waals surface area contributed by atoms with Crippen LogP contribution >= 0.6 is 0 Å². The number of nitrogens with one attached hydrogen (secondary N) is 1. The number of hydrogen-bond donors (Lipinski definition) is 1. The van der Waals surface area contributed by atoms with Gasteiger partial charge < -0.3 is 10.2 Å². The molecule has 1 aliphatic rings. The molecule has 0 radical (unpaired) electrons. The molecule has 4 nitrogen and oxygen atoms in total. The first kappa shape index (κ1) is 16.3. The molecule has 2 heterocycles. The summed E-state index contributed by atoms with van der Waals surface area (Å²) in [7, 11) is 0. The number of anilines is 3. The van der Waals surface area contributed by atoms with Crippen LogP contribution in [-0.2, 0) is 12.8 Å². The van der Waals surface area contributed by atoms with Crippen LogP contribution in [0.5, 0.6) is 0 Å². The fourth-order valence-electron chi connectivity index (χ4n) is 3.31. The van der Waals surface area contributed by atoms with Crippen LogP contribution in [0.2, 0.25) is 0 Å². The van der Waals surface area contributed by atoms with Gasteiger partial charge >= 0.3 is 0 Å². The first-order chi connectivity index (χ1) is 12.7. The molecule has 0 fully saturated rings. The van der Waals surface area contributed by atoms with E-state index in [9.17, 15) is 4.79 Å². The summed E-state index contributed by atoms with van der Waals surface area (Å²) >= 11 is 0. The summed E-state index contributed by atoms with van der Waals surface area (Å²) < 4.78 is 0. The van der Waals surface area contributed by atoms with Crippen molar-refractivity contribution in [1.82, 2.24) is 4.98 Å². The van der Waals surface area contributed by atoms with Gasteiger partial charge in [-0.1, -0.05) is 37.3 Å². The quantitative estimate of drug-likeness (QED) is 0.753. The molecule has 0 atom stereocenters. The molecule has 0 aliphatic carbocycles. The number of hydrogen-bond acceptors (Lipinski definition) is 3. The average Bonchev–Trinajstić information content (AvgIpc) is 3.13. The summed E-state index contributed by atoms with van der Waals surface area (Å²) in [5.74, 6) is -0.192. The minimum absolute atomic E-state index is 0.192. The maximum absolute atomic E-state index is 12.4. The van der Waals surface area contributed by atoms with Crippen LogP contribution in [0, 0.1) is 0 Å². The largest absolute Gasteiger partial charge is 0.340 e. The van der Waals surface area contributed by atoms with Crippen molar-refractivity contribution in [3.05, 3.63) is 83.7 Å². The van der Waals surface area contributed by atoms with Crippen molar-refractivity contribution in [3.63, 3.8) is 0 Å². The van der Waals surface area contributed by atoms with E-state index in [1.807, 2.05) is 30.3 Å². The maximum Gasteiger partial charge on any atom is 0.274 e. The molecular weight excluding hydrogens is 322 g/mol. The van der Waals surface area contributed by atoms with Crippen LogP contribution < -0.4 is 10.2 Å². The predicted molar refractivity (Wildman–Crippen MR) is 105 cm³/mol. The highest BCUT2D eigenvalue weighted by Crippen LogP contribution is 2.33. The molecule has 0 saturated carbocycles. The van der Waals surface area contributed by atoms with E-state index >= 15 is 0 Å². The molecule has 4 rings (SSSR count). The van der Waals surface area contributed by atoms with E-state index in [0.29, 0.717) is 5.69 Å². The maximum atomic E-state index is 12.4. The van der Waals surface area contributed by atoms with Gasteiger partial charge in [0.2, 0.25) is 0 Å². The molecule has 0 bridgehead atoms. The Balaban J connectivity index is 1.48. The number of pyridine rings is 1. The fraction of sp³-hybridized carbons (Fsp3) is 0.182. The summed E-state index contributed by atoms with van der Waals surface area (Å²) in [5.41, 5.74) is 6.04. The minimum atomic E-state index is -0.192. The Morgan fingerprint density at radius 2 is 1.88 bits per heavy atom. The zero-order valence-electron chi connectivity index (χ0n) is 14.8. The van der Waals surface area contributed by atoms with Gasteiger partial charge in [-0.05, 0) is 54.3 Å². The van der Waals surface area contributed by atoms with Gasteiger partial charge in [-0.2, -0.15) is 0 Å². The number of nitrogens with zero attached hydrogens (tertiary/aromatic N) is 2. The molecule has 0 unspecified atom stereocenters. The average molecular weight is 343 g/mol. The monoisotopic (exact) mass is 343 g/mol. The lowest BCUT2D eigenvalue weighted by molar-refractivity contribution is 0.102. The van der Waals surface area contributed by atoms with E-state index in [4.69, 9.17) is 0 Å². The van der Waals surface area contributed by atoms with Crippen molar-refractivity contribution in [2.24, 2.45) is 0 Å². The number of para-hydroxylation sites is 1. The van der Waals surface area contributed by atoms with E-state index in [-0.39, 0.29) is 5.91 Å².